The van der Waals surface area contributed by atoms with Crippen LogP contribution in [0.25, 0.3) is 6.08 Å². The van der Waals surface area contributed by atoms with Gasteiger partial charge in [0.15, 0.2) is 0 Å². The summed E-state index contributed by atoms with van der Waals surface area (Å²) >= 11 is 13.1. The van der Waals surface area contributed by atoms with Crippen molar-refractivity contribution >= 4 is 68.1 Å². The third kappa shape index (κ3) is 5.78. The molecule has 0 saturated carbocycles. The van der Waals surface area contributed by atoms with Gasteiger partial charge in [-0.1, -0.05) is 47.8 Å². The van der Waals surface area contributed by atoms with E-state index in [1.807, 2.05) is 0 Å². The molecule has 1 N–H and O–H groups in total. The van der Waals surface area contributed by atoms with Gasteiger partial charge in [-0.05, 0) is 60.5 Å². The van der Waals surface area contributed by atoms with Crippen LogP contribution in [0.1, 0.15) is 35.2 Å². The fraction of sp³-hybridized carbons (Fsp3) is 0.292. The van der Waals surface area contributed by atoms with Gasteiger partial charge < -0.3 is 5.32 Å². The number of thioether (sulfide) groups is 1. The Morgan fingerprint density at radius 3 is 2.47 bits per heavy atom. The molecule has 12 heteroatoms. The Kier molecular flexibility index (Phi) is 8.41. The summed E-state index contributed by atoms with van der Waals surface area (Å²) < 4.78 is 27.4. The molecule has 8 nitrogen and oxygen atoms in total. The number of halogens is 2. The van der Waals surface area contributed by atoms with Crippen LogP contribution in [0.3, 0.4) is 0 Å². The summed E-state index contributed by atoms with van der Waals surface area (Å²) in [7, 11) is -3.74. The molecular formula is C24H23Cl2N3O5S2. The molecule has 0 atom stereocenters. The molecule has 2 aliphatic rings. The third-order valence-corrected chi connectivity index (χ3v) is 9.30. The first-order chi connectivity index (χ1) is 17.2. The lowest BCUT2D eigenvalue weighted by atomic mass is 10.2. The lowest BCUT2D eigenvalue weighted by molar-refractivity contribution is -0.122. The van der Waals surface area contributed by atoms with Gasteiger partial charge in [0.05, 0.1) is 20.4 Å². The van der Waals surface area contributed by atoms with Crippen LogP contribution in [0.15, 0.2) is 52.3 Å². The van der Waals surface area contributed by atoms with Gasteiger partial charge in [-0.15, -0.1) is 0 Å². The molecule has 0 aromatic heterocycles. The first kappa shape index (κ1) is 26.7. The van der Waals surface area contributed by atoms with E-state index in [4.69, 9.17) is 23.2 Å². The van der Waals surface area contributed by atoms with E-state index in [0.29, 0.717) is 23.7 Å². The second-order valence-corrected chi connectivity index (χ2v) is 12.0. The zero-order valence-corrected chi connectivity index (χ0v) is 22.2. The molecule has 2 fully saturated rings. The lowest BCUT2D eigenvalue weighted by Gasteiger charge is -2.26. The summed E-state index contributed by atoms with van der Waals surface area (Å²) in [4.78, 5) is 39.1. The quantitative estimate of drug-likeness (QED) is 0.489. The predicted octanol–water partition coefficient (Wildman–Crippen LogP) is 4.63. The first-order valence-electron chi connectivity index (χ1n) is 11.3. The first-order valence-corrected chi connectivity index (χ1v) is 14.3. The standard InChI is InChI=1S/C24H23Cl2N3O5S2/c25-19-7-3-2-6-16(19)14-21-23(31)29(24(32)35-21)13-10-27-22(30)18-15-17(8-9-20(18)26)36(33,34)28-11-4-1-5-12-28/h2-3,6-9,14-15H,1,4-5,10-13H2,(H,27,30)/b21-14-. The maximum atomic E-state index is 13.0. The molecule has 4 rings (SSSR count). The van der Waals surface area contributed by atoms with Gasteiger partial charge in [0.1, 0.15) is 0 Å². The minimum absolute atomic E-state index is 0.00232. The van der Waals surface area contributed by atoms with Crippen LogP contribution >= 0.6 is 35.0 Å². The van der Waals surface area contributed by atoms with E-state index >= 15 is 0 Å². The molecule has 0 radical (unpaired) electrons. The number of hydrogen-bond acceptors (Lipinski definition) is 6. The smallest absolute Gasteiger partial charge is 0.293 e. The molecule has 3 amide bonds. The number of rotatable bonds is 7. The van der Waals surface area contributed by atoms with Crippen molar-refractivity contribution in [2.24, 2.45) is 0 Å². The Balaban J connectivity index is 1.41. The van der Waals surface area contributed by atoms with Crippen molar-refractivity contribution in [3.63, 3.8) is 0 Å². The molecule has 2 aromatic rings. The average Bonchev–Trinajstić information content (AvgIpc) is 3.13. The van der Waals surface area contributed by atoms with E-state index in [9.17, 15) is 22.8 Å². The van der Waals surface area contributed by atoms with Crippen molar-refractivity contribution in [1.29, 1.82) is 0 Å². The van der Waals surface area contributed by atoms with Gasteiger partial charge in [-0.2, -0.15) is 4.31 Å². The number of carbonyl (C=O) groups is 3. The molecule has 0 bridgehead atoms. The van der Waals surface area contributed by atoms with Crippen LogP contribution in [0.2, 0.25) is 10.0 Å². The van der Waals surface area contributed by atoms with Crippen molar-refractivity contribution in [1.82, 2.24) is 14.5 Å². The normalized spacial score (nSPS) is 18.2. The summed E-state index contributed by atoms with van der Waals surface area (Å²) in [5.41, 5.74) is 0.620. The van der Waals surface area contributed by atoms with E-state index in [1.54, 1.807) is 30.3 Å². The highest BCUT2D eigenvalue weighted by Crippen LogP contribution is 2.33. The van der Waals surface area contributed by atoms with Crippen molar-refractivity contribution < 1.29 is 22.8 Å². The van der Waals surface area contributed by atoms with Crippen molar-refractivity contribution in [2.45, 2.75) is 24.2 Å². The van der Waals surface area contributed by atoms with Crippen LogP contribution in [0.4, 0.5) is 4.79 Å². The SMILES string of the molecule is O=C(NCCN1C(=O)S/C(=C\c2ccccc2Cl)C1=O)c1cc(S(=O)(=O)N2CCCCC2)ccc1Cl. The minimum atomic E-state index is -3.74. The Morgan fingerprint density at radius 2 is 1.75 bits per heavy atom. The molecule has 0 unspecified atom stereocenters. The Labute approximate surface area is 223 Å². The molecule has 0 spiro atoms. The number of piperidine rings is 1. The third-order valence-electron chi connectivity index (χ3n) is 5.82. The van der Waals surface area contributed by atoms with Gasteiger partial charge in [0.25, 0.3) is 17.1 Å². The van der Waals surface area contributed by atoms with Gasteiger partial charge >= 0.3 is 0 Å². The van der Waals surface area contributed by atoms with E-state index in [0.717, 1.165) is 35.9 Å². The number of amides is 3. The largest absolute Gasteiger partial charge is 0.350 e. The predicted molar refractivity (Wildman–Crippen MR) is 141 cm³/mol. The van der Waals surface area contributed by atoms with Crippen LogP contribution in [-0.2, 0) is 14.8 Å². The fourth-order valence-corrected chi connectivity index (χ4v) is 6.69. The summed E-state index contributed by atoms with van der Waals surface area (Å²) in [5.74, 6) is -1.08. The summed E-state index contributed by atoms with van der Waals surface area (Å²) in [6.45, 7) is 0.792. The Bertz CT molecular complexity index is 1340. The topological polar surface area (TPSA) is 104 Å². The number of imide groups is 1. The molecule has 2 heterocycles. The second kappa shape index (κ2) is 11.4. The Morgan fingerprint density at radius 1 is 1.03 bits per heavy atom. The van der Waals surface area contributed by atoms with E-state index < -0.39 is 27.1 Å². The monoisotopic (exact) mass is 567 g/mol. The minimum Gasteiger partial charge on any atom is -0.350 e. The molecule has 2 aliphatic heterocycles. The highest BCUT2D eigenvalue weighted by molar-refractivity contribution is 8.18. The van der Waals surface area contributed by atoms with E-state index in [1.165, 1.54) is 22.5 Å². The highest BCUT2D eigenvalue weighted by Gasteiger charge is 2.35. The van der Waals surface area contributed by atoms with Crippen LogP contribution in [-0.4, -0.2) is 60.9 Å². The van der Waals surface area contributed by atoms with Crippen LogP contribution in [0.5, 0.6) is 0 Å². The highest BCUT2D eigenvalue weighted by atomic mass is 35.5. The fourth-order valence-electron chi connectivity index (χ4n) is 3.90. The zero-order valence-electron chi connectivity index (χ0n) is 19.1. The van der Waals surface area contributed by atoms with E-state index in [2.05, 4.69) is 5.32 Å². The van der Waals surface area contributed by atoms with Gasteiger partial charge in [-0.25, -0.2) is 8.42 Å². The number of nitrogens with zero attached hydrogens (tertiary/aromatic N) is 2. The number of nitrogens with one attached hydrogen (secondary N) is 1. The van der Waals surface area contributed by atoms with Gasteiger partial charge in [0.2, 0.25) is 10.0 Å². The molecule has 2 aromatic carbocycles. The van der Waals surface area contributed by atoms with Gasteiger partial charge in [-0.3, -0.25) is 19.3 Å². The Hall–Kier alpha value is -2.37. The lowest BCUT2D eigenvalue weighted by Crippen LogP contribution is -2.37. The molecule has 36 heavy (non-hydrogen) atoms. The summed E-state index contributed by atoms with van der Waals surface area (Å²) in [6, 6.07) is 11.0. The second-order valence-electron chi connectivity index (χ2n) is 8.22. The molecule has 2 saturated heterocycles. The van der Waals surface area contributed by atoms with Crippen molar-refractivity contribution in [2.75, 3.05) is 26.2 Å². The van der Waals surface area contributed by atoms with Crippen LogP contribution in [0, 0.1) is 0 Å². The van der Waals surface area contributed by atoms with Crippen molar-refractivity contribution in [3.05, 3.63) is 68.5 Å². The maximum Gasteiger partial charge on any atom is 0.293 e. The summed E-state index contributed by atoms with van der Waals surface area (Å²) in [6.07, 6.45) is 4.13. The number of sulfonamides is 1. The number of benzene rings is 2. The molecule has 0 aliphatic carbocycles. The maximum absolute atomic E-state index is 13.0. The number of hydrogen-bond donors (Lipinski definition) is 1. The van der Waals surface area contributed by atoms with E-state index in [-0.39, 0.29) is 33.5 Å². The van der Waals surface area contributed by atoms with Crippen molar-refractivity contribution in [3.8, 4) is 0 Å². The zero-order chi connectivity index (χ0) is 25.9. The average molecular weight is 569 g/mol. The summed E-state index contributed by atoms with van der Waals surface area (Å²) in [5, 5.41) is 2.71. The van der Waals surface area contributed by atoms with Crippen LogP contribution < -0.4 is 5.32 Å². The molecule has 190 valence electrons. The number of carbonyl (C=O) groups excluding carboxylic acids is 3. The molecular weight excluding hydrogens is 545 g/mol. The van der Waals surface area contributed by atoms with Gasteiger partial charge in [0, 0.05) is 31.2 Å².